The number of rotatable bonds is 1. The van der Waals surface area contributed by atoms with Crippen molar-refractivity contribution in [2.75, 3.05) is 14.2 Å². The Morgan fingerprint density at radius 3 is 2.75 bits per heavy atom. The molecule has 0 radical (unpaired) electrons. The second-order valence-corrected chi connectivity index (χ2v) is 3.31. The molecule has 0 unspecified atom stereocenters. The summed E-state index contributed by atoms with van der Waals surface area (Å²) in [6.45, 7) is 2.12. The van der Waals surface area contributed by atoms with E-state index in [1.165, 1.54) is 11.1 Å². The van der Waals surface area contributed by atoms with E-state index < -0.39 is 0 Å². The number of hydrogen-bond acceptors (Lipinski definition) is 2. The first-order chi connectivity index (χ1) is 5.79. The summed E-state index contributed by atoms with van der Waals surface area (Å²) in [4.78, 5) is 2.30. The number of fused-ring (bicyclic) bond motifs is 1. The molecule has 0 amide bonds. The van der Waals surface area contributed by atoms with E-state index in [1.54, 1.807) is 7.11 Å². The van der Waals surface area contributed by atoms with Crippen LogP contribution < -0.4 is 4.74 Å². The number of ether oxygens (including phenoxy) is 1. The molecule has 1 aromatic carbocycles. The van der Waals surface area contributed by atoms with Gasteiger partial charge >= 0.3 is 0 Å². The molecule has 2 heteroatoms. The second-order valence-electron chi connectivity index (χ2n) is 3.31. The van der Waals surface area contributed by atoms with Crippen LogP contribution in [0.1, 0.15) is 11.1 Å². The molecule has 1 aliphatic heterocycles. The van der Waals surface area contributed by atoms with Gasteiger partial charge < -0.3 is 4.74 Å². The van der Waals surface area contributed by atoms with Crippen LogP contribution in [0.5, 0.6) is 5.75 Å². The number of benzene rings is 1. The lowest BCUT2D eigenvalue weighted by molar-refractivity contribution is 0.353. The molecule has 2 rings (SSSR count). The Bertz CT molecular complexity index is 296. The van der Waals surface area contributed by atoms with E-state index in [9.17, 15) is 0 Å². The summed E-state index contributed by atoms with van der Waals surface area (Å²) in [7, 11) is 3.84. The third kappa shape index (κ3) is 1.18. The van der Waals surface area contributed by atoms with Gasteiger partial charge in [-0.1, -0.05) is 6.07 Å². The van der Waals surface area contributed by atoms with Crippen molar-refractivity contribution in [2.45, 2.75) is 13.1 Å². The Hall–Kier alpha value is -1.02. The molecule has 0 atom stereocenters. The van der Waals surface area contributed by atoms with Crippen LogP contribution in [0.25, 0.3) is 0 Å². The topological polar surface area (TPSA) is 12.5 Å². The summed E-state index contributed by atoms with van der Waals surface area (Å²) in [5, 5.41) is 0. The highest BCUT2D eigenvalue weighted by Gasteiger charge is 2.15. The highest BCUT2D eigenvalue weighted by Crippen LogP contribution is 2.25. The monoisotopic (exact) mass is 163 g/mol. The molecule has 64 valence electrons. The Morgan fingerprint density at radius 2 is 2.00 bits per heavy atom. The molecule has 1 heterocycles. The van der Waals surface area contributed by atoms with Gasteiger partial charge in [-0.05, 0) is 30.3 Å². The summed E-state index contributed by atoms with van der Waals surface area (Å²) >= 11 is 0. The van der Waals surface area contributed by atoms with Crippen molar-refractivity contribution < 1.29 is 4.74 Å². The van der Waals surface area contributed by atoms with Crippen molar-refractivity contribution in [3.8, 4) is 5.75 Å². The zero-order chi connectivity index (χ0) is 8.55. The van der Waals surface area contributed by atoms with Crippen molar-refractivity contribution in [2.24, 2.45) is 0 Å². The van der Waals surface area contributed by atoms with Crippen molar-refractivity contribution in [1.29, 1.82) is 0 Å². The van der Waals surface area contributed by atoms with E-state index >= 15 is 0 Å². The third-order valence-corrected chi connectivity index (χ3v) is 2.29. The normalized spacial score (nSPS) is 16.2. The van der Waals surface area contributed by atoms with Crippen molar-refractivity contribution in [3.63, 3.8) is 0 Å². The van der Waals surface area contributed by atoms with E-state index in [0.717, 1.165) is 18.8 Å². The molecule has 0 spiro atoms. The Labute approximate surface area is 72.8 Å². The minimum atomic E-state index is 0.962. The maximum atomic E-state index is 5.16. The highest BCUT2D eigenvalue weighted by atomic mass is 16.5. The molecule has 1 aliphatic rings. The largest absolute Gasteiger partial charge is 0.497 e. The number of nitrogens with zero attached hydrogens (tertiary/aromatic N) is 1. The Balaban J connectivity index is 2.35. The fourth-order valence-corrected chi connectivity index (χ4v) is 1.67. The van der Waals surface area contributed by atoms with Crippen LogP contribution in [0.15, 0.2) is 18.2 Å². The molecule has 0 aliphatic carbocycles. The molecule has 0 saturated heterocycles. The maximum Gasteiger partial charge on any atom is 0.119 e. The number of methoxy groups -OCH3 is 1. The first-order valence-electron chi connectivity index (χ1n) is 4.14. The average Bonchev–Trinajstić information content (AvgIpc) is 2.43. The molecule has 0 aromatic heterocycles. The summed E-state index contributed by atoms with van der Waals surface area (Å²) < 4.78 is 5.16. The second kappa shape index (κ2) is 2.79. The van der Waals surface area contributed by atoms with E-state index in [2.05, 4.69) is 24.1 Å². The van der Waals surface area contributed by atoms with Crippen LogP contribution in [0.3, 0.4) is 0 Å². The lowest BCUT2D eigenvalue weighted by atomic mass is 10.1. The summed E-state index contributed by atoms with van der Waals surface area (Å²) in [6, 6.07) is 6.30. The summed E-state index contributed by atoms with van der Waals surface area (Å²) in [5.41, 5.74) is 2.83. The van der Waals surface area contributed by atoms with Gasteiger partial charge in [0.1, 0.15) is 5.75 Å². The van der Waals surface area contributed by atoms with Gasteiger partial charge in [-0.15, -0.1) is 0 Å². The zero-order valence-electron chi connectivity index (χ0n) is 7.50. The fraction of sp³-hybridized carbons (Fsp3) is 0.400. The zero-order valence-corrected chi connectivity index (χ0v) is 7.50. The molecular weight excluding hydrogens is 150 g/mol. The molecule has 0 fully saturated rings. The molecule has 12 heavy (non-hydrogen) atoms. The molecule has 0 saturated carbocycles. The molecule has 1 aromatic rings. The summed E-state index contributed by atoms with van der Waals surface area (Å²) in [5.74, 6) is 0.962. The minimum absolute atomic E-state index is 0.962. The predicted molar refractivity (Wildman–Crippen MR) is 48.2 cm³/mol. The first-order valence-corrected chi connectivity index (χ1v) is 4.14. The number of hydrogen-bond donors (Lipinski definition) is 0. The van der Waals surface area contributed by atoms with Gasteiger partial charge in [0, 0.05) is 13.1 Å². The van der Waals surface area contributed by atoms with Crippen LogP contribution in [0, 0.1) is 0 Å². The van der Waals surface area contributed by atoms with Crippen LogP contribution in [-0.2, 0) is 13.1 Å². The van der Waals surface area contributed by atoms with Gasteiger partial charge in [-0.3, -0.25) is 4.90 Å². The Morgan fingerprint density at radius 1 is 1.25 bits per heavy atom. The van der Waals surface area contributed by atoms with Crippen LogP contribution in [0.2, 0.25) is 0 Å². The minimum Gasteiger partial charge on any atom is -0.497 e. The quantitative estimate of drug-likeness (QED) is 0.624. The van der Waals surface area contributed by atoms with Gasteiger partial charge in [0.15, 0.2) is 0 Å². The molecule has 0 N–H and O–H groups in total. The molecular formula is C10H13NO. The Kier molecular flexibility index (Phi) is 1.77. The first kappa shape index (κ1) is 7.62. The lowest BCUT2D eigenvalue weighted by Gasteiger charge is -2.02. The van der Waals surface area contributed by atoms with Gasteiger partial charge in [0.25, 0.3) is 0 Å². The van der Waals surface area contributed by atoms with E-state index in [4.69, 9.17) is 4.74 Å². The predicted octanol–water partition coefficient (Wildman–Crippen LogP) is 1.64. The standard InChI is InChI=1S/C10H13NO/c1-11-6-8-3-4-10(12-2)5-9(8)7-11/h3-5H,6-7H2,1-2H3. The fourth-order valence-electron chi connectivity index (χ4n) is 1.67. The van der Waals surface area contributed by atoms with E-state index in [0.29, 0.717) is 0 Å². The third-order valence-electron chi connectivity index (χ3n) is 2.29. The lowest BCUT2D eigenvalue weighted by Crippen LogP contribution is -2.07. The van der Waals surface area contributed by atoms with Crippen LogP contribution >= 0.6 is 0 Å². The maximum absolute atomic E-state index is 5.16. The van der Waals surface area contributed by atoms with Crippen molar-refractivity contribution in [3.05, 3.63) is 29.3 Å². The van der Waals surface area contributed by atoms with E-state index in [-0.39, 0.29) is 0 Å². The van der Waals surface area contributed by atoms with Crippen LogP contribution in [0.4, 0.5) is 0 Å². The smallest absolute Gasteiger partial charge is 0.119 e. The molecule has 0 bridgehead atoms. The average molecular weight is 163 g/mol. The highest BCUT2D eigenvalue weighted by molar-refractivity contribution is 5.37. The van der Waals surface area contributed by atoms with Gasteiger partial charge in [-0.2, -0.15) is 0 Å². The van der Waals surface area contributed by atoms with Crippen LogP contribution in [-0.4, -0.2) is 19.1 Å². The van der Waals surface area contributed by atoms with Crippen molar-refractivity contribution >= 4 is 0 Å². The SMILES string of the molecule is COc1ccc2c(c1)CN(C)C2. The van der Waals surface area contributed by atoms with Gasteiger partial charge in [-0.25, -0.2) is 0 Å². The molecule has 2 nitrogen and oxygen atoms in total. The van der Waals surface area contributed by atoms with E-state index in [1.807, 2.05) is 6.07 Å². The summed E-state index contributed by atoms with van der Waals surface area (Å²) in [6.07, 6.45) is 0. The van der Waals surface area contributed by atoms with Gasteiger partial charge in [0.05, 0.1) is 7.11 Å². The van der Waals surface area contributed by atoms with Gasteiger partial charge in [0.2, 0.25) is 0 Å². The van der Waals surface area contributed by atoms with Crippen molar-refractivity contribution in [1.82, 2.24) is 4.90 Å².